The van der Waals surface area contributed by atoms with Crippen molar-refractivity contribution < 1.29 is 13.2 Å². The summed E-state index contributed by atoms with van der Waals surface area (Å²) in [5, 5.41) is 0. The number of rotatable bonds is 5. The van der Waals surface area contributed by atoms with E-state index in [0.29, 0.717) is 22.5 Å². The minimum atomic E-state index is -4.41. The van der Waals surface area contributed by atoms with Crippen molar-refractivity contribution in [3.05, 3.63) is 23.5 Å². The molecule has 0 fully saturated rings. The molecule has 0 amide bonds. The second-order valence-electron chi connectivity index (χ2n) is 6.34. The molecule has 1 aromatic carbocycles. The molecule has 1 aromatic heterocycles. The van der Waals surface area contributed by atoms with Gasteiger partial charge in [0.25, 0.3) is 0 Å². The van der Waals surface area contributed by atoms with Crippen molar-refractivity contribution in [3.63, 3.8) is 0 Å². The first-order chi connectivity index (χ1) is 11.2. The topological polar surface area (TPSA) is 30.2 Å². The van der Waals surface area contributed by atoms with Crippen molar-refractivity contribution in [1.82, 2.24) is 9.55 Å². The van der Waals surface area contributed by atoms with Gasteiger partial charge in [0.2, 0.25) is 0 Å². The van der Waals surface area contributed by atoms with Crippen LogP contribution in [0.25, 0.3) is 11.0 Å². The number of hydrogen-bond donors (Lipinski definition) is 0. The first kappa shape index (κ1) is 18.5. The average Bonchev–Trinajstić information content (AvgIpc) is 2.83. The second kappa shape index (κ2) is 6.95. The van der Waals surface area contributed by atoms with Crippen LogP contribution in [0.15, 0.2) is 17.1 Å². The van der Waals surface area contributed by atoms with Crippen molar-refractivity contribution in [3.8, 4) is 0 Å². The van der Waals surface area contributed by atoms with E-state index in [1.54, 1.807) is 6.21 Å². The fraction of sp³-hybridized carbons (Fsp3) is 0.556. The van der Waals surface area contributed by atoms with Crippen LogP contribution in [-0.2, 0) is 6.18 Å². The van der Waals surface area contributed by atoms with Crippen molar-refractivity contribution in [2.45, 2.75) is 59.7 Å². The summed E-state index contributed by atoms with van der Waals surface area (Å²) in [5.74, 6) is 0.949. The maximum Gasteiger partial charge on any atom is 0.416 e. The van der Waals surface area contributed by atoms with Crippen molar-refractivity contribution >= 4 is 22.9 Å². The minimum Gasteiger partial charge on any atom is -0.324 e. The third-order valence-electron chi connectivity index (χ3n) is 4.26. The highest BCUT2D eigenvalue weighted by molar-refractivity contribution is 5.90. The first-order valence-corrected chi connectivity index (χ1v) is 8.32. The lowest BCUT2D eigenvalue weighted by atomic mass is 10.1. The van der Waals surface area contributed by atoms with Gasteiger partial charge in [0, 0.05) is 12.3 Å². The van der Waals surface area contributed by atoms with Crippen molar-refractivity contribution in [2.75, 3.05) is 0 Å². The molecule has 132 valence electrons. The molecule has 2 aromatic rings. The summed E-state index contributed by atoms with van der Waals surface area (Å²) in [6.45, 7) is 9.87. The number of aryl methyl sites for hydroxylation is 1. The molecule has 0 atom stereocenters. The lowest BCUT2D eigenvalue weighted by Crippen LogP contribution is -2.06. The van der Waals surface area contributed by atoms with E-state index in [0.717, 1.165) is 25.0 Å². The number of halogens is 3. The lowest BCUT2D eigenvalue weighted by molar-refractivity contribution is -0.137. The van der Waals surface area contributed by atoms with Gasteiger partial charge in [0.15, 0.2) is 0 Å². The van der Waals surface area contributed by atoms with Crippen LogP contribution in [0, 0.1) is 12.8 Å². The number of nitrogens with zero attached hydrogens (tertiary/aromatic N) is 3. The molecule has 0 aliphatic carbocycles. The van der Waals surface area contributed by atoms with Gasteiger partial charge in [-0.2, -0.15) is 13.2 Å². The Morgan fingerprint density at radius 1 is 1.21 bits per heavy atom. The van der Waals surface area contributed by atoms with Gasteiger partial charge in [0.05, 0.1) is 22.3 Å². The number of aromatic nitrogens is 2. The Labute approximate surface area is 140 Å². The van der Waals surface area contributed by atoms with Crippen LogP contribution in [0.1, 0.15) is 58.0 Å². The van der Waals surface area contributed by atoms with Crippen molar-refractivity contribution in [2.24, 2.45) is 10.9 Å². The number of benzene rings is 1. The Bertz CT molecular complexity index is 738. The predicted molar refractivity (Wildman–Crippen MR) is 92.1 cm³/mol. The maximum atomic E-state index is 13.2. The SMILES string of the molecule is CCC(C=Nc1cc(C(F)(F)F)cc2nc(C)n(C(C)C)c12)CC. The normalized spacial score (nSPS) is 13.1. The zero-order chi connectivity index (χ0) is 18.1. The van der Waals surface area contributed by atoms with Crippen LogP contribution in [0.4, 0.5) is 18.9 Å². The predicted octanol–water partition coefficient (Wildman–Crippen LogP) is 6.08. The summed E-state index contributed by atoms with van der Waals surface area (Å²) in [5.41, 5.74) is 0.631. The number of hydrogen-bond acceptors (Lipinski definition) is 2. The summed E-state index contributed by atoms with van der Waals surface area (Å²) in [6.07, 6.45) is -0.833. The Morgan fingerprint density at radius 3 is 2.33 bits per heavy atom. The third kappa shape index (κ3) is 3.62. The van der Waals surface area contributed by atoms with E-state index in [-0.39, 0.29) is 12.0 Å². The molecular formula is C18H24F3N3. The number of aliphatic imine (C=N–C) groups is 1. The van der Waals surface area contributed by atoms with Gasteiger partial charge in [-0.25, -0.2) is 4.98 Å². The molecule has 2 rings (SSSR count). The molecule has 0 bridgehead atoms. The largest absolute Gasteiger partial charge is 0.416 e. The Kier molecular flexibility index (Phi) is 5.35. The second-order valence-corrected chi connectivity index (χ2v) is 6.34. The fourth-order valence-corrected chi connectivity index (χ4v) is 2.91. The van der Waals surface area contributed by atoms with Gasteiger partial charge in [-0.05, 0) is 51.7 Å². The lowest BCUT2D eigenvalue weighted by Gasteiger charge is -2.14. The smallest absolute Gasteiger partial charge is 0.324 e. The minimum absolute atomic E-state index is 0.0915. The molecular weight excluding hydrogens is 315 g/mol. The highest BCUT2D eigenvalue weighted by Gasteiger charge is 2.32. The Balaban J connectivity index is 2.72. The molecule has 0 aliphatic heterocycles. The molecule has 0 aliphatic rings. The monoisotopic (exact) mass is 339 g/mol. The molecule has 6 heteroatoms. The quantitative estimate of drug-likeness (QED) is 0.607. The number of fused-ring (bicyclic) bond motifs is 1. The fourth-order valence-electron chi connectivity index (χ4n) is 2.91. The zero-order valence-electron chi connectivity index (χ0n) is 14.8. The van der Waals surface area contributed by atoms with E-state index in [2.05, 4.69) is 9.98 Å². The van der Waals surface area contributed by atoms with E-state index in [1.807, 2.05) is 39.2 Å². The van der Waals surface area contributed by atoms with Gasteiger partial charge in [0.1, 0.15) is 5.82 Å². The Hall–Kier alpha value is -1.85. The van der Waals surface area contributed by atoms with Crippen LogP contribution >= 0.6 is 0 Å². The maximum absolute atomic E-state index is 13.2. The first-order valence-electron chi connectivity index (χ1n) is 8.32. The summed E-state index contributed by atoms with van der Waals surface area (Å²) in [7, 11) is 0. The molecule has 0 unspecified atom stereocenters. The van der Waals surface area contributed by atoms with E-state index >= 15 is 0 Å². The molecule has 3 nitrogen and oxygen atoms in total. The van der Waals surface area contributed by atoms with E-state index in [4.69, 9.17) is 0 Å². The van der Waals surface area contributed by atoms with Crippen LogP contribution in [-0.4, -0.2) is 15.8 Å². The molecule has 0 saturated carbocycles. The standard InChI is InChI=1S/C18H24F3N3/c1-6-13(7-2)10-22-15-8-14(18(19,20)21)9-16-17(15)24(11(3)4)12(5)23-16/h8-11,13H,6-7H2,1-5H3. The highest BCUT2D eigenvalue weighted by Crippen LogP contribution is 2.37. The third-order valence-corrected chi connectivity index (χ3v) is 4.26. The van der Waals surface area contributed by atoms with Crippen LogP contribution < -0.4 is 0 Å². The summed E-state index contributed by atoms with van der Waals surface area (Å²) in [4.78, 5) is 8.75. The van der Waals surface area contributed by atoms with Crippen LogP contribution in [0.3, 0.4) is 0 Å². The van der Waals surface area contributed by atoms with Crippen LogP contribution in [0.2, 0.25) is 0 Å². The molecule has 0 radical (unpaired) electrons. The van der Waals surface area contributed by atoms with Crippen LogP contribution in [0.5, 0.6) is 0 Å². The summed E-state index contributed by atoms with van der Waals surface area (Å²) < 4.78 is 41.6. The van der Waals surface area contributed by atoms with Gasteiger partial charge < -0.3 is 4.57 Å². The van der Waals surface area contributed by atoms with Crippen molar-refractivity contribution in [1.29, 1.82) is 0 Å². The van der Waals surface area contributed by atoms with Gasteiger partial charge >= 0.3 is 6.18 Å². The molecule has 1 heterocycles. The van der Waals surface area contributed by atoms with E-state index < -0.39 is 11.7 Å². The van der Waals surface area contributed by atoms with E-state index in [1.165, 1.54) is 0 Å². The van der Waals surface area contributed by atoms with E-state index in [9.17, 15) is 13.2 Å². The van der Waals surface area contributed by atoms with Gasteiger partial charge in [-0.3, -0.25) is 4.99 Å². The summed E-state index contributed by atoms with van der Waals surface area (Å²) in [6, 6.07) is 2.33. The number of alkyl halides is 3. The van der Waals surface area contributed by atoms with Gasteiger partial charge in [-0.1, -0.05) is 13.8 Å². The Morgan fingerprint density at radius 2 is 1.83 bits per heavy atom. The van der Waals surface area contributed by atoms with Gasteiger partial charge in [-0.15, -0.1) is 0 Å². The molecule has 0 spiro atoms. The highest BCUT2D eigenvalue weighted by atomic mass is 19.4. The average molecular weight is 339 g/mol. The molecule has 24 heavy (non-hydrogen) atoms. The molecule has 0 saturated heterocycles. The zero-order valence-corrected chi connectivity index (χ0v) is 14.8. The number of imidazole rings is 1. The summed E-state index contributed by atoms with van der Waals surface area (Å²) >= 11 is 0. The molecule has 0 N–H and O–H groups in total.